The minimum atomic E-state index is -0.784. The van der Waals surface area contributed by atoms with Crippen LogP contribution in [0.25, 0.3) is 0 Å². The molecule has 5 nitrogen and oxygen atoms in total. The molecule has 1 fully saturated rings. The molecule has 0 saturated heterocycles. The molecule has 5 heteroatoms. The molecule has 1 aliphatic heterocycles. The van der Waals surface area contributed by atoms with E-state index in [0.717, 1.165) is 30.4 Å². The van der Waals surface area contributed by atoms with Crippen LogP contribution in [0.2, 0.25) is 0 Å². The van der Waals surface area contributed by atoms with Gasteiger partial charge in [-0.3, -0.25) is 9.78 Å². The summed E-state index contributed by atoms with van der Waals surface area (Å²) in [5.41, 5.74) is 2.68. The first-order chi connectivity index (χ1) is 11.2. The topological polar surface area (TPSA) is 66.2 Å². The highest BCUT2D eigenvalue weighted by Crippen LogP contribution is 2.40. The third-order valence-corrected chi connectivity index (χ3v) is 5.06. The Morgan fingerprint density at radius 1 is 1.43 bits per heavy atom. The average Bonchev–Trinajstić information content (AvgIpc) is 3.09. The maximum Gasteiger partial charge on any atom is 0.243 e. The third-order valence-electron chi connectivity index (χ3n) is 5.06. The second-order valence-corrected chi connectivity index (χ2v) is 6.45. The highest BCUT2D eigenvalue weighted by atomic mass is 16.5. The second-order valence-electron chi connectivity index (χ2n) is 6.45. The second kappa shape index (κ2) is 6.67. The summed E-state index contributed by atoms with van der Waals surface area (Å²) in [6.45, 7) is 4.47. The molecule has 0 atom stereocenters. The Hall–Kier alpha value is -1.93. The van der Waals surface area contributed by atoms with E-state index in [0.29, 0.717) is 39.1 Å². The van der Waals surface area contributed by atoms with E-state index in [2.05, 4.69) is 11.1 Å². The van der Waals surface area contributed by atoms with Gasteiger partial charge >= 0.3 is 0 Å². The molecule has 0 radical (unpaired) electrons. The number of carbonyl (C=O) groups is 1. The number of nitriles is 1. The Morgan fingerprint density at radius 3 is 2.91 bits per heavy atom. The normalized spacial score (nSPS) is 19.2. The molecule has 0 unspecified atom stereocenters. The Bertz CT molecular complexity index is 630. The van der Waals surface area contributed by atoms with Crippen LogP contribution >= 0.6 is 0 Å². The summed E-state index contributed by atoms with van der Waals surface area (Å²) < 4.78 is 5.51. The van der Waals surface area contributed by atoms with Crippen molar-refractivity contribution in [1.29, 1.82) is 5.26 Å². The van der Waals surface area contributed by atoms with Gasteiger partial charge in [0.15, 0.2) is 0 Å². The molecular weight excluding hydrogens is 290 g/mol. The van der Waals surface area contributed by atoms with Gasteiger partial charge in [0.05, 0.1) is 12.7 Å². The zero-order chi connectivity index (χ0) is 16.3. The zero-order valence-corrected chi connectivity index (χ0v) is 13.7. The maximum atomic E-state index is 12.9. The first-order valence-corrected chi connectivity index (χ1v) is 8.43. The lowest BCUT2D eigenvalue weighted by Gasteiger charge is -2.34. The Kier molecular flexibility index (Phi) is 4.63. The van der Waals surface area contributed by atoms with Crippen LogP contribution in [0, 0.1) is 16.7 Å². The standard InChI is InChI=1S/C18H23N3O2/c1-2-23-12-15-10-20-9-14-11-21(8-5-16(14)15)17(22)18(13-19)6-3-4-7-18/h9-10H,2-8,11-12H2,1H3. The monoisotopic (exact) mass is 313 g/mol. The minimum absolute atomic E-state index is 0.0124. The van der Waals surface area contributed by atoms with Gasteiger partial charge in [-0.05, 0) is 42.9 Å². The Balaban J connectivity index is 1.78. The van der Waals surface area contributed by atoms with Crippen LogP contribution in [-0.2, 0) is 29.1 Å². The number of pyridine rings is 1. The fourth-order valence-electron chi connectivity index (χ4n) is 3.73. The predicted octanol–water partition coefficient (Wildman–Crippen LogP) is 2.59. The first-order valence-electron chi connectivity index (χ1n) is 8.43. The quantitative estimate of drug-likeness (QED) is 0.857. The largest absolute Gasteiger partial charge is 0.377 e. The van der Waals surface area contributed by atoms with Crippen LogP contribution in [0.15, 0.2) is 12.4 Å². The van der Waals surface area contributed by atoms with Crippen molar-refractivity contribution < 1.29 is 9.53 Å². The van der Waals surface area contributed by atoms with Crippen molar-refractivity contribution in [1.82, 2.24) is 9.88 Å². The molecule has 1 aliphatic carbocycles. The fourth-order valence-corrected chi connectivity index (χ4v) is 3.73. The molecule has 1 aromatic rings. The van der Waals surface area contributed by atoms with Gasteiger partial charge < -0.3 is 9.64 Å². The number of amides is 1. The average molecular weight is 313 g/mol. The molecule has 1 amide bonds. The van der Waals surface area contributed by atoms with Gasteiger partial charge in [-0.1, -0.05) is 12.8 Å². The highest BCUT2D eigenvalue weighted by molar-refractivity contribution is 5.86. The molecule has 0 spiro atoms. The molecule has 1 saturated carbocycles. The van der Waals surface area contributed by atoms with Crippen molar-refractivity contribution in [3.05, 3.63) is 29.1 Å². The van der Waals surface area contributed by atoms with Gasteiger partial charge in [0, 0.05) is 32.1 Å². The van der Waals surface area contributed by atoms with E-state index in [1.807, 2.05) is 24.2 Å². The third kappa shape index (κ3) is 2.96. The molecule has 23 heavy (non-hydrogen) atoms. The van der Waals surface area contributed by atoms with E-state index in [9.17, 15) is 10.1 Å². The lowest BCUT2D eigenvalue weighted by Crippen LogP contribution is -2.44. The van der Waals surface area contributed by atoms with E-state index < -0.39 is 5.41 Å². The van der Waals surface area contributed by atoms with Crippen molar-refractivity contribution in [2.75, 3.05) is 13.2 Å². The van der Waals surface area contributed by atoms with Crippen LogP contribution < -0.4 is 0 Å². The van der Waals surface area contributed by atoms with Crippen molar-refractivity contribution in [3.8, 4) is 6.07 Å². The zero-order valence-electron chi connectivity index (χ0n) is 13.7. The van der Waals surface area contributed by atoms with Gasteiger partial charge in [-0.15, -0.1) is 0 Å². The van der Waals surface area contributed by atoms with Gasteiger partial charge in [0.2, 0.25) is 5.91 Å². The number of ether oxygens (including phenoxy) is 1. The first kappa shape index (κ1) is 15.9. The number of hydrogen-bond donors (Lipinski definition) is 0. The molecule has 0 N–H and O–H groups in total. The Labute approximate surface area is 137 Å². The van der Waals surface area contributed by atoms with Gasteiger partial charge in [0.25, 0.3) is 0 Å². The number of carbonyl (C=O) groups excluding carboxylic acids is 1. The van der Waals surface area contributed by atoms with E-state index in [1.54, 1.807) is 0 Å². The van der Waals surface area contributed by atoms with Crippen molar-refractivity contribution >= 4 is 5.91 Å². The molecule has 2 heterocycles. The number of aromatic nitrogens is 1. The van der Waals surface area contributed by atoms with Crippen LogP contribution in [0.4, 0.5) is 0 Å². The number of nitrogens with zero attached hydrogens (tertiary/aromatic N) is 3. The fraction of sp³-hybridized carbons (Fsp3) is 0.611. The number of fused-ring (bicyclic) bond motifs is 1. The van der Waals surface area contributed by atoms with Gasteiger partial charge in [-0.25, -0.2) is 0 Å². The summed E-state index contributed by atoms with van der Waals surface area (Å²) in [5.74, 6) is 0.0124. The summed E-state index contributed by atoms with van der Waals surface area (Å²) >= 11 is 0. The van der Waals surface area contributed by atoms with E-state index in [1.165, 1.54) is 5.56 Å². The van der Waals surface area contributed by atoms with Crippen molar-refractivity contribution in [3.63, 3.8) is 0 Å². The van der Waals surface area contributed by atoms with Crippen LogP contribution in [0.5, 0.6) is 0 Å². The summed E-state index contributed by atoms with van der Waals surface area (Å²) in [4.78, 5) is 19.0. The van der Waals surface area contributed by atoms with Gasteiger partial charge in [0.1, 0.15) is 5.41 Å². The van der Waals surface area contributed by atoms with Gasteiger partial charge in [-0.2, -0.15) is 5.26 Å². The SMILES string of the molecule is CCOCc1cncc2c1CCN(C(=O)C1(C#N)CCCC1)C2. The Morgan fingerprint density at radius 2 is 2.22 bits per heavy atom. The van der Waals surface area contributed by atoms with Crippen LogP contribution in [-0.4, -0.2) is 28.9 Å². The lowest BCUT2D eigenvalue weighted by atomic mass is 9.85. The molecule has 2 aliphatic rings. The van der Waals surface area contributed by atoms with Crippen molar-refractivity contribution in [2.45, 2.75) is 52.2 Å². The summed E-state index contributed by atoms with van der Waals surface area (Å²) in [6.07, 6.45) is 7.88. The summed E-state index contributed by atoms with van der Waals surface area (Å²) in [5, 5.41) is 9.53. The van der Waals surface area contributed by atoms with Crippen LogP contribution in [0.1, 0.15) is 49.3 Å². The molecule has 1 aromatic heterocycles. The molecular formula is C18H23N3O2. The summed E-state index contributed by atoms with van der Waals surface area (Å²) in [7, 11) is 0. The number of hydrogen-bond acceptors (Lipinski definition) is 4. The number of rotatable bonds is 4. The molecule has 0 bridgehead atoms. The van der Waals surface area contributed by atoms with E-state index in [4.69, 9.17) is 4.74 Å². The van der Waals surface area contributed by atoms with E-state index in [-0.39, 0.29) is 5.91 Å². The molecule has 3 rings (SSSR count). The van der Waals surface area contributed by atoms with Crippen LogP contribution in [0.3, 0.4) is 0 Å². The highest BCUT2D eigenvalue weighted by Gasteiger charge is 2.44. The molecule has 0 aromatic carbocycles. The predicted molar refractivity (Wildman–Crippen MR) is 85.2 cm³/mol. The summed E-state index contributed by atoms with van der Waals surface area (Å²) in [6, 6.07) is 2.31. The van der Waals surface area contributed by atoms with E-state index >= 15 is 0 Å². The maximum absolute atomic E-state index is 12.9. The molecule has 122 valence electrons. The lowest BCUT2D eigenvalue weighted by molar-refractivity contribution is -0.139. The van der Waals surface area contributed by atoms with Crippen molar-refractivity contribution in [2.24, 2.45) is 5.41 Å². The minimum Gasteiger partial charge on any atom is -0.377 e. The smallest absolute Gasteiger partial charge is 0.243 e.